The van der Waals surface area contributed by atoms with Crippen molar-refractivity contribution in [2.75, 3.05) is 0 Å². The third-order valence-corrected chi connectivity index (χ3v) is 2.00. The third kappa shape index (κ3) is 3.53. The zero-order chi connectivity index (χ0) is 8.20. The smallest absolute Gasteiger partial charge is 0.0195 e. The molecule has 0 spiro atoms. The molecule has 0 nitrogen and oxygen atoms in total. The molecule has 0 heteroatoms. The van der Waals surface area contributed by atoms with Crippen LogP contribution in [0.15, 0.2) is 17.9 Å². The Bertz CT molecular complexity index is 145. The SMILES string of the molecule is C=C=C(C)CC(C)(C)CC. The summed E-state index contributed by atoms with van der Waals surface area (Å²) in [6.45, 7) is 12.5. The molecule has 0 fully saturated rings. The maximum Gasteiger partial charge on any atom is -0.0195 e. The van der Waals surface area contributed by atoms with E-state index in [1.54, 1.807) is 0 Å². The predicted octanol–water partition coefficient (Wildman–Crippen LogP) is 3.54. The normalized spacial score (nSPS) is 10.8. The van der Waals surface area contributed by atoms with E-state index in [-0.39, 0.29) is 0 Å². The van der Waals surface area contributed by atoms with Gasteiger partial charge in [-0.05, 0) is 24.3 Å². The molecule has 0 saturated heterocycles. The molecule has 0 radical (unpaired) electrons. The largest absolute Gasteiger partial charge is 0.130 e. The minimum Gasteiger partial charge on any atom is -0.130 e. The van der Waals surface area contributed by atoms with Crippen molar-refractivity contribution in [2.24, 2.45) is 5.41 Å². The lowest BCUT2D eigenvalue weighted by Crippen LogP contribution is -2.09. The first-order valence-electron chi connectivity index (χ1n) is 3.87. The zero-order valence-corrected chi connectivity index (χ0v) is 7.62. The van der Waals surface area contributed by atoms with Gasteiger partial charge in [-0.2, -0.15) is 0 Å². The number of hydrogen-bond acceptors (Lipinski definition) is 0. The van der Waals surface area contributed by atoms with E-state index in [9.17, 15) is 0 Å². The van der Waals surface area contributed by atoms with E-state index in [4.69, 9.17) is 0 Å². The third-order valence-electron chi connectivity index (χ3n) is 2.00. The highest BCUT2D eigenvalue weighted by atomic mass is 14.2. The average molecular weight is 138 g/mol. The van der Waals surface area contributed by atoms with Gasteiger partial charge in [-0.1, -0.05) is 33.8 Å². The van der Waals surface area contributed by atoms with Gasteiger partial charge in [-0.25, -0.2) is 0 Å². The van der Waals surface area contributed by atoms with E-state index in [1.807, 2.05) is 0 Å². The highest BCUT2D eigenvalue weighted by Gasteiger charge is 2.14. The maximum absolute atomic E-state index is 3.62. The van der Waals surface area contributed by atoms with Crippen molar-refractivity contribution >= 4 is 0 Å². The van der Waals surface area contributed by atoms with Crippen molar-refractivity contribution in [3.8, 4) is 0 Å². The number of allylic oxidation sites excluding steroid dienone is 1. The van der Waals surface area contributed by atoms with Gasteiger partial charge in [0, 0.05) is 0 Å². The van der Waals surface area contributed by atoms with Gasteiger partial charge >= 0.3 is 0 Å². The molecule has 58 valence electrons. The van der Waals surface area contributed by atoms with Crippen molar-refractivity contribution in [3.05, 3.63) is 17.9 Å². The molecule has 0 unspecified atom stereocenters. The Kier molecular flexibility index (Phi) is 3.46. The second-order valence-corrected chi connectivity index (χ2v) is 3.65. The van der Waals surface area contributed by atoms with Crippen LogP contribution in [0.3, 0.4) is 0 Å². The second-order valence-electron chi connectivity index (χ2n) is 3.65. The number of rotatable bonds is 3. The molecular weight excluding hydrogens is 120 g/mol. The first-order chi connectivity index (χ1) is 4.52. The summed E-state index contributed by atoms with van der Waals surface area (Å²) >= 11 is 0. The van der Waals surface area contributed by atoms with Crippen LogP contribution < -0.4 is 0 Å². The Morgan fingerprint density at radius 3 is 2.30 bits per heavy atom. The van der Waals surface area contributed by atoms with Gasteiger partial charge in [0.15, 0.2) is 0 Å². The minimum atomic E-state index is 0.425. The van der Waals surface area contributed by atoms with Gasteiger partial charge in [0.25, 0.3) is 0 Å². The summed E-state index contributed by atoms with van der Waals surface area (Å²) in [6, 6.07) is 0. The first-order valence-corrected chi connectivity index (χ1v) is 3.87. The van der Waals surface area contributed by atoms with E-state index in [0.29, 0.717) is 5.41 Å². The predicted molar refractivity (Wildman–Crippen MR) is 47.0 cm³/mol. The summed E-state index contributed by atoms with van der Waals surface area (Å²) < 4.78 is 0. The summed E-state index contributed by atoms with van der Waals surface area (Å²) in [6.07, 6.45) is 2.33. The lowest BCUT2D eigenvalue weighted by Gasteiger charge is -2.21. The zero-order valence-electron chi connectivity index (χ0n) is 7.62. The van der Waals surface area contributed by atoms with Gasteiger partial charge in [-0.3, -0.25) is 0 Å². The van der Waals surface area contributed by atoms with E-state index in [1.165, 1.54) is 12.0 Å². The van der Waals surface area contributed by atoms with Crippen LogP contribution in [0.2, 0.25) is 0 Å². The molecule has 0 aromatic rings. The number of hydrogen-bond donors (Lipinski definition) is 0. The maximum atomic E-state index is 3.62. The topological polar surface area (TPSA) is 0 Å². The Morgan fingerprint density at radius 2 is 2.00 bits per heavy atom. The molecule has 0 atom stereocenters. The fourth-order valence-corrected chi connectivity index (χ4v) is 0.905. The van der Waals surface area contributed by atoms with Crippen LogP contribution in [0.25, 0.3) is 0 Å². The second kappa shape index (κ2) is 3.63. The minimum absolute atomic E-state index is 0.425. The van der Waals surface area contributed by atoms with Crippen LogP contribution in [0.1, 0.15) is 40.5 Å². The summed E-state index contributed by atoms with van der Waals surface area (Å²) in [7, 11) is 0. The molecular formula is C10H18. The molecule has 0 bridgehead atoms. The Hall–Kier alpha value is -0.480. The highest BCUT2D eigenvalue weighted by Crippen LogP contribution is 2.27. The molecule has 0 aromatic heterocycles. The Labute approximate surface area is 64.6 Å². The molecule has 0 amide bonds. The van der Waals surface area contributed by atoms with E-state index < -0.39 is 0 Å². The van der Waals surface area contributed by atoms with Crippen LogP contribution in [-0.2, 0) is 0 Å². The lowest BCUT2D eigenvalue weighted by atomic mass is 9.84. The van der Waals surface area contributed by atoms with Gasteiger partial charge < -0.3 is 0 Å². The van der Waals surface area contributed by atoms with Gasteiger partial charge in [0.05, 0.1) is 0 Å². The standard InChI is InChI=1S/C10H18/c1-6-9(3)8-10(4,5)7-2/h1,7-8H2,2-5H3. The monoisotopic (exact) mass is 138 g/mol. The Balaban J connectivity index is 4.01. The van der Waals surface area contributed by atoms with E-state index >= 15 is 0 Å². The van der Waals surface area contributed by atoms with Crippen LogP contribution in [-0.4, -0.2) is 0 Å². The van der Waals surface area contributed by atoms with Crippen LogP contribution in [0, 0.1) is 5.41 Å². The molecule has 0 aromatic carbocycles. The van der Waals surface area contributed by atoms with Crippen molar-refractivity contribution in [2.45, 2.75) is 40.5 Å². The summed E-state index contributed by atoms with van der Waals surface area (Å²) in [4.78, 5) is 0. The van der Waals surface area contributed by atoms with Crippen molar-refractivity contribution < 1.29 is 0 Å². The molecule has 0 aliphatic heterocycles. The highest BCUT2D eigenvalue weighted by molar-refractivity contribution is 4.97. The summed E-state index contributed by atoms with van der Waals surface area (Å²) in [5.74, 6) is 0. The van der Waals surface area contributed by atoms with Gasteiger partial charge in [0.2, 0.25) is 0 Å². The molecule has 0 aliphatic carbocycles. The summed E-state index contributed by atoms with van der Waals surface area (Å²) in [5, 5.41) is 0. The Morgan fingerprint density at radius 1 is 1.50 bits per heavy atom. The molecule has 0 N–H and O–H groups in total. The molecule has 0 saturated carbocycles. The van der Waals surface area contributed by atoms with Crippen LogP contribution in [0.5, 0.6) is 0 Å². The molecule has 0 rings (SSSR count). The summed E-state index contributed by atoms with van der Waals surface area (Å²) in [5.41, 5.74) is 4.62. The average Bonchev–Trinajstić information content (AvgIpc) is 1.87. The first kappa shape index (κ1) is 9.52. The van der Waals surface area contributed by atoms with E-state index in [2.05, 4.69) is 40.0 Å². The van der Waals surface area contributed by atoms with Crippen LogP contribution in [0.4, 0.5) is 0 Å². The fourth-order valence-electron chi connectivity index (χ4n) is 0.905. The van der Waals surface area contributed by atoms with Gasteiger partial charge in [-0.15, -0.1) is 5.73 Å². The molecule has 0 heterocycles. The molecule has 10 heavy (non-hydrogen) atoms. The van der Waals surface area contributed by atoms with E-state index in [0.717, 1.165) is 6.42 Å². The lowest BCUT2D eigenvalue weighted by molar-refractivity contribution is 0.348. The molecule has 0 aliphatic rings. The van der Waals surface area contributed by atoms with Crippen LogP contribution >= 0.6 is 0 Å². The van der Waals surface area contributed by atoms with Crippen molar-refractivity contribution in [1.82, 2.24) is 0 Å². The van der Waals surface area contributed by atoms with Crippen molar-refractivity contribution in [3.63, 3.8) is 0 Å². The fraction of sp³-hybridized carbons (Fsp3) is 0.700. The van der Waals surface area contributed by atoms with Gasteiger partial charge in [0.1, 0.15) is 0 Å². The van der Waals surface area contributed by atoms with Crippen molar-refractivity contribution in [1.29, 1.82) is 0 Å². The quantitative estimate of drug-likeness (QED) is 0.523.